The van der Waals surface area contributed by atoms with E-state index in [2.05, 4.69) is 28.9 Å². The van der Waals surface area contributed by atoms with E-state index < -0.39 is 0 Å². The predicted molar refractivity (Wildman–Crippen MR) is 123 cm³/mol. The molecule has 1 aromatic carbocycles. The van der Waals surface area contributed by atoms with Crippen molar-refractivity contribution in [2.24, 2.45) is 18.9 Å². The summed E-state index contributed by atoms with van der Waals surface area (Å²) in [6, 6.07) is 4.07. The zero-order valence-electron chi connectivity index (χ0n) is 19.1. The molecule has 0 aliphatic carbocycles. The third-order valence-electron chi connectivity index (χ3n) is 6.66. The van der Waals surface area contributed by atoms with Gasteiger partial charge in [0.15, 0.2) is 0 Å². The summed E-state index contributed by atoms with van der Waals surface area (Å²) >= 11 is 0. The van der Waals surface area contributed by atoms with Crippen LogP contribution in [0.2, 0.25) is 0 Å². The number of fused-ring (bicyclic) bond motifs is 1. The van der Waals surface area contributed by atoms with Crippen molar-refractivity contribution in [3.63, 3.8) is 0 Å². The molecular formula is C24H32N4O3. The largest absolute Gasteiger partial charge is 0.496 e. The number of nitrogens with one attached hydrogen (secondary N) is 1. The minimum atomic E-state index is -0.100. The second kappa shape index (κ2) is 8.75. The highest BCUT2D eigenvalue weighted by Gasteiger charge is 2.24. The topological polar surface area (TPSA) is 72.4 Å². The molecule has 0 radical (unpaired) electrons. The first-order valence-electron chi connectivity index (χ1n) is 10.9. The lowest BCUT2D eigenvalue weighted by Crippen LogP contribution is -2.34. The van der Waals surface area contributed by atoms with Crippen LogP contribution in [-0.4, -0.2) is 47.0 Å². The summed E-state index contributed by atoms with van der Waals surface area (Å²) in [6.45, 7) is 7.62. The van der Waals surface area contributed by atoms with Crippen LogP contribution in [0.15, 0.2) is 29.3 Å². The minimum Gasteiger partial charge on any atom is -0.496 e. The second-order valence-electron chi connectivity index (χ2n) is 8.83. The van der Waals surface area contributed by atoms with Gasteiger partial charge in [-0.3, -0.25) is 14.8 Å². The van der Waals surface area contributed by atoms with E-state index in [1.807, 2.05) is 18.3 Å². The van der Waals surface area contributed by atoms with Crippen LogP contribution >= 0.6 is 0 Å². The van der Waals surface area contributed by atoms with Crippen molar-refractivity contribution < 1.29 is 9.47 Å². The van der Waals surface area contributed by atoms with Gasteiger partial charge in [-0.05, 0) is 55.5 Å². The molecule has 3 aromatic rings. The molecule has 7 nitrogen and oxygen atoms in total. The Kier molecular flexibility index (Phi) is 6.05. The maximum atomic E-state index is 12.4. The van der Waals surface area contributed by atoms with Gasteiger partial charge in [0.1, 0.15) is 17.0 Å². The molecule has 1 aliphatic heterocycles. The molecule has 0 atom stereocenters. The van der Waals surface area contributed by atoms with Crippen LogP contribution in [0.25, 0.3) is 22.0 Å². The number of ether oxygens (including phenoxy) is 2. The van der Waals surface area contributed by atoms with Gasteiger partial charge < -0.3 is 14.0 Å². The Bertz CT molecular complexity index is 1100. The Labute approximate surface area is 183 Å². The van der Waals surface area contributed by atoms with Crippen LogP contribution < -0.4 is 15.0 Å². The molecule has 1 N–H and O–H groups in total. The minimum absolute atomic E-state index is 0.100. The van der Waals surface area contributed by atoms with Gasteiger partial charge in [-0.2, -0.15) is 5.10 Å². The zero-order valence-corrected chi connectivity index (χ0v) is 19.1. The fourth-order valence-corrected chi connectivity index (χ4v) is 4.68. The molecule has 3 heterocycles. The molecule has 166 valence electrons. The van der Waals surface area contributed by atoms with E-state index in [-0.39, 0.29) is 5.56 Å². The van der Waals surface area contributed by atoms with Crippen molar-refractivity contribution in [2.45, 2.75) is 33.2 Å². The van der Waals surface area contributed by atoms with Crippen molar-refractivity contribution in [2.75, 3.05) is 27.3 Å². The molecule has 0 saturated carbocycles. The lowest BCUT2D eigenvalue weighted by Gasteiger charge is -2.34. The highest BCUT2D eigenvalue weighted by molar-refractivity contribution is 5.94. The number of rotatable bonds is 6. The number of benzene rings is 1. The van der Waals surface area contributed by atoms with E-state index in [9.17, 15) is 4.79 Å². The lowest BCUT2D eigenvalue weighted by atomic mass is 9.86. The molecule has 31 heavy (non-hydrogen) atoms. The quantitative estimate of drug-likeness (QED) is 0.651. The van der Waals surface area contributed by atoms with E-state index in [1.165, 1.54) is 12.8 Å². The smallest absolute Gasteiger partial charge is 0.276 e. The lowest BCUT2D eigenvalue weighted by molar-refractivity contribution is 0.149. The Morgan fingerprint density at radius 2 is 1.81 bits per heavy atom. The molecule has 0 spiro atoms. The van der Waals surface area contributed by atoms with Gasteiger partial charge in [-0.15, -0.1) is 0 Å². The fraction of sp³-hybridized carbons (Fsp3) is 0.500. The molecule has 2 aromatic heterocycles. The van der Waals surface area contributed by atoms with E-state index in [1.54, 1.807) is 32.0 Å². The van der Waals surface area contributed by atoms with Crippen molar-refractivity contribution in [1.29, 1.82) is 0 Å². The summed E-state index contributed by atoms with van der Waals surface area (Å²) in [7, 11) is 5.14. The Balaban J connectivity index is 1.70. The highest BCUT2D eigenvalue weighted by Crippen LogP contribution is 2.38. The van der Waals surface area contributed by atoms with Crippen LogP contribution in [0.4, 0.5) is 0 Å². The first kappa shape index (κ1) is 21.4. The molecule has 0 amide bonds. The maximum Gasteiger partial charge on any atom is 0.276 e. The third-order valence-corrected chi connectivity index (χ3v) is 6.66. The van der Waals surface area contributed by atoms with E-state index in [0.29, 0.717) is 5.52 Å². The SMILES string of the molecule is COc1cc(-c2cn(C)c(=O)c3[nH]ncc23)cc(OC)c1CN1CCC(C(C)C)CC1. The molecule has 1 aliphatic rings. The van der Waals surface area contributed by atoms with Crippen molar-refractivity contribution in [1.82, 2.24) is 19.7 Å². The number of nitrogens with zero attached hydrogens (tertiary/aromatic N) is 3. The monoisotopic (exact) mass is 424 g/mol. The van der Waals surface area contributed by atoms with E-state index in [0.717, 1.165) is 65.0 Å². The number of likely N-dealkylation sites (tertiary alicyclic amines) is 1. The maximum absolute atomic E-state index is 12.4. The van der Waals surface area contributed by atoms with Crippen molar-refractivity contribution >= 4 is 10.9 Å². The number of pyridine rings is 1. The molecular weight excluding hydrogens is 392 g/mol. The third kappa shape index (κ3) is 4.06. The van der Waals surface area contributed by atoms with Crippen LogP contribution in [0.5, 0.6) is 11.5 Å². The van der Waals surface area contributed by atoms with Crippen LogP contribution in [-0.2, 0) is 13.6 Å². The van der Waals surface area contributed by atoms with Gasteiger partial charge in [0, 0.05) is 30.7 Å². The summed E-state index contributed by atoms with van der Waals surface area (Å²) in [5, 5.41) is 7.69. The van der Waals surface area contributed by atoms with Crippen LogP contribution in [0.1, 0.15) is 32.3 Å². The summed E-state index contributed by atoms with van der Waals surface area (Å²) in [5.41, 5.74) is 3.29. The van der Waals surface area contributed by atoms with Gasteiger partial charge in [0.25, 0.3) is 5.56 Å². The predicted octanol–water partition coefficient (Wildman–Crippen LogP) is 3.81. The molecule has 7 heteroatoms. The number of methoxy groups -OCH3 is 2. The molecule has 4 rings (SSSR count). The van der Waals surface area contributed by atoms with E-state index >= 15 is 0 Å². The normalized spacial score (nSPS) is 15.7. The zero-order chi connectivity index (χ0) is 22.1. The number of hydrogen-bond acceptors (Lipinski definition) is 5. The molecule has 1 saturated heterocycles. The highest BCUT2D eigenvalue weighted by atomic mass is 16.5. The van der Waals surface area contributed by atoms with E-state index in [4.69, 9.17) is 9.47 Å². The van der Waals surface area contributed by atoms with Crippen molar-refractivity contribution in [3.05, 3.63) is 40.4 Å². The summed E-state index contributed by atoms with van der Waals surface area (Å²) in [4.78, 5) is 14.9. The second-order valence-corrected chi connectivity index (χ2v) is 8.83. The molecule has 0 unspecified atom stereocenters. The van der Waals surface area contributed by atoms with Gasteiger partial charge in [-0.1, -0.05) is 13.8 Å². The summed E-state index contributed by atoms with van der Waals surface area (Å²) in [5.74, 6) is 3.15. The number of piperidine rings is 1. The Morgan fingerprint density at radius 1 is 1.16 bits per heavy atom. The fourth-order valence-electron chi connectivity index (χ4n) is 4.68. The average Bonchev–Trinajstić information content (AvgIpc) is 3.27. The first-order chi connectivity index (χ1) is 14.9. The Morgan fingerprint density at radius 3 is 2.39 bits per heavy atom. The van der Waals surface area contributed by atoms with Gasteiger partial charge in [0.05, 0.1) is 26.0 Å². The van der Waals surface area contributed by atoms with Gasteiger partial charge in [-0.25, -0.2) is 0 Å². The number of aromatic nitrogens is 3. The summed E-state index contributed by atoms with van der Waals surface area (Å²) < 4.78 is 13.2. The molecule has 0 bridgehead atoms. The molecule has 1 fully saturated rings. The standard InChI is InChI=1S/C24H32N4O3/c1-15(2)16-6-8-28(9-7-16)14-20-21(30-4)10-17(11-22(20)31-5)19-13-27(3)24(29)23-18(19)12-25-26-23/h10-13,15-16H,6-9,14H2,1-5H3,(H,25,26). The number of hydrogen-bond donors (Lipinski definition) is 1. The first-order valence-corrected chi connectivity index (χ1v) is 10.9. The number of H-pyrrole nitrogens is 1. The summed E-state index contributed by atoms with van der Waals surface area (Å²) in [6.07, 6.45) is 6.00. The van der Waals surface area contributed by atoms with Gasteiger partial charge in [0.2, 0.25) is 0 Å². The van der Waals surface area contributed by atoms with Crippen LogP contribution in [0, 0.1) is 11.8 Å². The van der Waals surface area contributed by atoms with Crippen molar-refractivity contribution in [3.8, 4) is 22.6 Å². The number of aromatic amines is 1. The van der Waals surface area contributed by atoms with Crippen LogP contribution in [0.3, 0.4) is 0 Å². The average molecular weight is 425 g/mol. The number of aryl methyl sites for hydroxylation is 1. The van der Waals surface area contributed by atoms with Gasteiger partial charge >= 0.3 is 0 Å². The Hall–Kier alpha value is -2.80.